The molecule has 16 heavy (non-hydrogen) atoms. The van der Waals surface area contributed by atoms with Crippen LogP contribution in [0.3, 0.4) is 0 Å². The molecule has 2 aliphatic rings. The van der Waals surface area contributed by atoms with E-state index in [-0.39, 0.29) is 5.91 Å². The number of fused-ring (bicyclic) bond motifs is 1. The van der Waals surface area contributed by atoms with Gasteiger partial charge in [0, 0.05) is 0 Å². The lowest BCUT2D eigenvalue weighted by atomic mass is 10.2. The first-order valence-electron chi connectivity index (χ1n) is 5.53. The molecule has 0 bridgehead atoms. The molecule has 1 aliphatic carbocycles. The van der Waals surface area contributed by atoms with Crippen LogP contribution in [-0.4, -0.2) is 24.6 Å². The Labute approximate surface area is 94.0 Å². The minimum Gasteiger partial charge on any atom is -0.490 e. The predicted molar refractivity (Wildman–Crippen MR) is 60.4 cm³/mol. The van der Waals surface area contributed by atoms with Crippen LogP contribution in [0.5, 0.6) is 5.75 Å². The van der Waals surface area contributed by atoms with Crippen molar-refractivity contribution >= 4 is 11.6 Å². The molecule has 0 unspecified atom stereocenters. The SMILES string of the molecule is NC1(C(=O)N2CCOc3ccccc32)CC1. The fraction of sp³-hybridized carbons (Fsp3) is 0.417. The van der Waals surface area contributed by atoms with Crippen LogP contribution >= 0.6 is 0 Å². The molecule has 4 nitrogen and oxygen atoms in total. The van der Waals surface area contributed by atoms with E-state index in [9.17, 15) is 4.79 Å². The van der Waals surface area contributed by atoms with Gasteiger partial charge in [0.1, 0.15) is 12.4 Å². The van der Waals surface area contributed by atoms with Gasteiger partial charge in [0.05, 0.1) is 17.8 Å². The zero-order valence-corrected chi connectivity index (χ0v) is 8.98. The molecule has 0 radical (unpaired) electrons. The van der Waals surface area contributed by atoms with Crippen LogP contribution in [0, 0.1) is 0 Å². The molecule has 1 amide bonds. The van der Waals surface area contributed by atoms with Crippen LogP contribution < -0.4 is 15.4 Å². The average Bonchev–Trinajstić information content (AvgIpc) is 3.07. The van der Waals surface area contributed by atoms with Gasteiger partial charge in [-0.2, -0.15) is 0 Å². The summed E-state index contributed by atoms with van der Waals surface area (Å²) in [6.07, 6.45) is 1.59. The van der Waals surface area contributed by atoms with Gasteiger partial charge in [-0.05, 0) is 25.0 Å². The topological polar surface area (TPSA) is 55.6 Å². The molecule has 4 heteroatoms. The van der Waals surface area contributed by atoms with Crippen molar-refractivity contribution in [2.24, 2.45) is 5.73 Å². The number of carbonyl (C=O) groups is 1. The number of anilines is 1. The zero-order chi connectivity index (χ0) is 11.2. The number of ether oxygens (including phenoxy) is 1. The summed E-state index contributed by atoms with van der Waals surface area (Å²) in [5.74, 6) is 0.801. The number of rotatable bonds is 1. The van der Waals surface area contributed by atoms with Crippen LogP contribution in [0.2, 0.25) is 0 Å². The Bertz CT molecular complexity index is 440. The lowest BCUT2D eigenvalue weighted by Crippen LogP contribution is -2.48. The van der Waals surface area contributed by atoms with Crippen molar-refractivity contribution in [1.29, 1.82) is 0 Å². The van der Waals surface area contributed by atoms with Crippen molar-refractivity contribution in [2.75, 3.05) is 18.1 Å². The predicted octanol–water partition coefficient (Wildman–Crippen LogP) is 0.903. The molecule has 0 saturated heterocycles. The molecule has 3 rings (SSSR count). The maximum absolute atomic E-state index is 12.2. The van der Waals surface area contributed by atoms with Crippen molar-refractivity contribution in [3.8, 4) is 5.75 Å². The molecule has 1 aromatic carbocycles. The van der Waals surface area contributed by atoms with Gasteiger partial charge in [0.2, 0.25) is 5.91 Å². The van der Waals surface area contributed by atoms with E-state index < -0.39 is 5.54 Å². The molecular weight excluding hydrogens is 204 g/mol. The van der Waals surface area contributed by atoms with Gasteiger partial charge in [-0.15, -0.1) is 0 Å². The molecule has 1 aliphatic heterocycles. The number of nitrogens with zero attached hydrogens (tertiary/aromatic N) is 1. The monoisotopic (exact) mass is 218 g/mol. The van der Waals surface area contributed by atoms with Crippen LogP contribution in [0.25, 0.3) is 0 Å². The molecule has 0 aromatic heterocycles. The fourth-order valence-corrected chi connectivity index (χ4v) is 2.00. The van der Waals surface area contributed by atoms with Crippen molar-refractivity contribution in [1.82, 2.24) is 0 Å². The van der Waals surface area contributed by atoms with E-state index in [4.69, 9.17) is 10.5 Å². The molecule has 0 atom stereocenters. The lowest BCUT2D eigenvalue weighted by Gasteiger charge is -2.31. The Morgan fingerprint density at radius 1 is 1.38 bits per heavy atom. The van der Waals surface area contributed by atoms with E-state index in [0.717, 1.165) is 24.3 Å². The number of para-hydroxylation sites is 2. The highest BCUT2D eigenvalue weighted by Crippen LogP contribution is 2.38. The van der Waals surface area contributed by atoms with Crippen LogP contribution in [0.1, 0.15) is 12.8 Å². The first-order valence-corrected chi connectivity index (χ1v) is 5.53. The van der Waals surface area contributed by atoms with E-state index in [2.05, 4.69) is 0 Å². The lowest BCUT2D eigenvalue weighted by molar-refractivity contribution is -0.121. The fourth-order valence-electron chi connectivity index (χ4n) is 2.00. The summed E-state index contributed by atoms with van der Waals surface area (Å²) in [5.41, 5.74) is 6.18. The van der Waals surface area contributed by atoms with Gasteiger partial charge < -0.3 is 15.4 Å². The first kappa shape index (κ1) is 9.66. The van der Waals surface area contributed by atoms with E-state index in [0.29, 0.717) is 13.2 Å². The third-order valence-corrected chi connectivity index (χ3v) is 3.19. The summed E-state index contributed by atoms with van der Waals surface area (Å²) in [7, 11) is 0. The third-order valence-electron chi connectivity index (χ3n) is 3.19. The summed E-state index contributed by atoms with van der Waals surface area (Å²) in [5, 5.41) is 0. The number of hydrogen-bond acceptors (Lipinski definition) is 3. The molecule has 2 N–H and O–H groups in total. The quantitative estimate of drug-likeness (QED) is 0.762. The molecule has 1 aromatic rings. The van der Waals surface area contributed by atoms with Gasteiger partial charge in [-0.3, -0.25) is 4.79 Å². The van der Waals surface area contributed by atoms with Gasteiger partial charge in [-0.25, -0.2) is 0 Å². The first-order chi connectivity index (χ1) is 7.71. The van der Waals surface area contributed by atoms with Gasteiger partial charge in [0.25, 0.3) is 0 Å². The summed E-state index contributed by atoms with van der Waals surface area (Å²) >= 11 is 0. The van der Waals surface area contributed by atoms with Gasteiger partial charge >= 0.3 is 0 Å². The average molecular weight is 218 g/mol. The Morgan fingerprint density at radius 2 is 2.12 bits per heavy atom. The largest absolute Gasteiger partial charge is 0.490 e. The van der Waals surface area contributed by atoms with Crippen molar-refractivity contribution in [3.05, 3.63) is 24.3 Å². The number of hydrogen-bond donors (Lipinski definition) is 1. The highest BCUT2D eigenvalue weighted by molar-refractivity contribution is 6.03. The van der Waals surface area contributed by atoms with Crippen molar-refractivity contribution in [3.63, 3.8) is 0 Å². The Kier molecular flexibility index (Phi) is 1.94. The number of carbonyl (C=O) groups excluding carboxylic acids is 1. The second-order valence-electron chi connectivity index (χ2n) is 4.43. The second kappa shape index (κ2) is 3.22. The standard InChI is InChI=1S/C12H14N2O2/c13-12(5-6-12)11(15)14-7-8-16-10-4-2-1-3-9(10)14/h1-4H,5-8,13H2. The highest BCUT2D eigenvalue weighted by atomic mass is 16.5. The smallest absolute Gasteiger partial charge is 0.247 e. The molecule has 1 saturated carbocycles. The Morgan fingerprint density at radius 3 is 2.88 bits per heavy atom. The maximum atomic E-state index is 12.2. The Hall–Kier alpha value is -1.55. The molecule has 0 spiro atoms. The minimum atomic E-state index is -0.607. The number of amides is 1. The Balaban J connectivity index is 1.95. The normalized spacial score (nSPS) is 20.9. The minimum absolute atomic E-state index is 0.0308. The van der Waals surface area contributed by atoms with E-state index >= 15 is 0 Å². The molecule has 1 fully saturated rings. The number of benzene rings is 1. The molecular formula is C12H14N2O2. The molecule has 1 heterocycles. The van der Waals surface area contributed by atoms with Crippen LogP contribution in [0.4, 0.5) is 5.69 Å². The third kappa shape index (κ3) is 1.38. The van der Waals surface area contributed by atoms with Crippen molar-refractivity contribution < 1.29 is 9.53 Å². The summed E-state index contributed by atoms with van der Waals surface area (Å²) in [6.45, 7) is 1.13. The summed E-state index contributed by atoms with van der Waals surface area (Å²) < 4.78 is 5.50. The van der Waals surface area contributed by atoms with Gasteiger partial charge in [-0.1, -0.05) is 12.1 Å². The van der Waals surface area contributed by atoms with Gasteiger partial charge in [0.15, 0.2) is 0 Å². The van der Waals surface area contributed by atoms with Crippen molar-refractivity contribution in [2.45, 2.75) is 18.4 Å². The van der Waals surface area contributed by atoms with E-state index in [1.54, 1.807) is 4.90 Å². The highest BCUT2D eigenvalue weighted by Gasteiger charge is 2.49. The van der Waals surface area contributed by atoms with E-state index in [1.165, 1.54) is 0 Å². The summed E-state index contributed by atoms with van der Waals surface area (Å²) in [6, 6.07) is 7.59. The van der Waals surface area contributed by atoms with Crippen LogP contribution in [-0.2, 0) is 4.79 Å². The summed E-state index contributed by atoms with van der Waals surface area (Å²) in [4.78, 5) is 13.9. The van der Waals surface area contributed by atoms with Crippen LogP contribution in [0.15, 0.2) is 24.3 Å². The second-order valence-corrected chi connectivity index (χ2v) is 4.43. The maximum Gasteiger partial charge on any atom is 0.247 e. The van der Waals surface area contributed by atoms with E-state index in [1.807, 2.05) is 24.3 Å². The molecule has 84 valence electrons. The number of nitrogens with two attached hydrogens (primary N) is 1. The zero-order valence-electron chi connectivity index (χ0n) is 8.98.